The molecule has 2 N–H and O–H groups in total. The summed E-state index contributed by atoms with van der Waals surface area (Å²) in [5, 5.41) is 0. The maximum Gasteiger partial charge on any atom is 0.400 e. The number of anilines is 1. The van der Waals surface area contributed by atoms with E-state index in [0.29, 0.717) is 25.9 Å². The molecular formula is C23H33F2N3O4S. The Kier molecular flexibility index (Phi) is 7.86. The second kappa shape index (κ2) is 10.7. The smallest absolute Gasteiger partial charge is 0.400 e. The van der Waals surface area contributed by atoms with Crippen LogP contribution in [0.2, 0.25) is 0 Å². The molecule has 1 amide bonds. The van der Waals surface area contributed by atoms with Crippen molar-refractivity contribution < 1.29 is 27.1 Å². The molecule has 184 valence electrons. The number of hydrogen-bond acceptors (Lipinski definition) is 4. The van der Waals surface area contributed by atoms with Gasteiger partial charge in [0.2, 0.25) is 0 Å². The molecule has 1 aliphatic heterocycles. The Hall–Kier alpha value is -1.78. The Labute approximate surface area is 196 Å². The average Bonchev–Trinajstić information content (AvgIpc) is 3.61. The molecule has 1 aromatic carbocycles. The minimum Gasteiger partial charge on any atom is -0.430 e. The highest BCUT2D eigenvalue weighted by Crippen LogP contribution is 2.40. The maximum atomic E-state index is 15.0. The molecule has 33 heavy (non-hydrogen) atoms. The molecular weight excluding hydrogens is 452 g/mol. The second-order valence-corrected chi connectivity index (χ2v) is 10.2. The number of nitrogens with zero attached hydrogens (tertiary/aromatic N) is 2. The number of benzene rings is 1. The van der Waals surface area contributed by atoms with Gasteiger partial charge in [0.25, 0.3) is 17.2 Å². The molecule has 3 aliphatic rings. The number of carbonyl (C=O) groups is 1. The fourth-order valence-corrected chi connectivity index (χ4v) is 5.10. The summed E-state index contributed by atoms with van der Waals surface area (Å²) >= 11 is -2.46. The summed E-state index contributed by atoms with van der Waals surface area (Å²) in [6, 6.07) is 4.09. The van der Waals surface area contributed by atoms with E-state index in [1.165, 1.54) is 31.0 Å². The van der Waals surface area contributed by atoms with Crippen LogP contribution in [0.15, 0.2) is 18.2 Å². The van der Waals surface area contributed by atoms with Gasteiger partial charge in [0, 0.05) is 38.3 Å². The summed E-state index contributed by atoms with van der Waals surface area (Å²) in [6.07, 6.45) is 3.17. The van der Waals surface area contributed by atoms with Crippen molar-refractivity contribution >= 4 is 22.9 Å². The first-order valence-corrected chi connectivity index (χ1v) is 13.0. The van der Waals surface area contributed by atoms with Crippen LogP contribution in [0, 0.1) is 11.8 Å². The normalized spacial score (nSPS) is 22.0. The molecule has 0 spiro atoms. The quantitative estimate of drug-likeness (QED) is 0.423. The van der Waals surface area contributed by atoms with E-state index < -0.39 is 23.3 Å². The number of alkyl halides is 2. The van der Waals surface area contributed by atoms with Crippen LogP contribution in [-0.4, -0.2) is 63.3 Å². The number of ether oxygens (including phenoxy) is 1. The summed E-state index contributed by atoms with van der Waals surface area (Å²) in [5.74, 6) is -0.671. The van der Waals surface area contributed by atoms with E-state index in [4.69, 9.17) is 4.74 Å². The number of halogens is 2. The van der Waals surface area contributed by atoms with Crippen molar-refractivity contribution in [1.29, 1.82) is 0 Å². The Morgan fingerprint density at radius 2 is 1.76 bits per heavy atom. The van der Waals surface area contributed by atoms with Crippen LogP contribution < -0.4 is 9.46 Å². The van der Waals surface area contributed by atoms with Crippen molar-refractivity contribution in [2.45, 2.75) is 57.5 Å². The van der Waals surface area contributed by atoms with Gasteiger partial charge >= 0.3 is 6.11 Å². The number of amides is 1. The first kappa shape index (κ1) is 24.3. The predicted octanol–water partition coefficient (Wildman–Crippen LogP) is 4.35. The van der Waals surface area contributed by atoms with Gasteiger partial charge in [-0.25, -0.2) is 4.21 Å². The average molecular weight is 486 g/mol. The lowest BCUT2D eigenvalue weighted by Gasteiger charge is -2.35. The number of nitrogens with one attached hydrogen (secondary N) is 1. The zero-order valence-electron chi connectivity index (χ0n) is 18.8. The highest BCUT2D eigenvalue weighted by Gasteiger charge is 2.42. The first-order valence-electron chi connectivity index (χ1n) is 11.9. The fourth-order valence-electron chi connectivity index (χ4n) is 4.75. The van der Waals surface area contributed by atoms with Gasteiger partial charge in [-0.3, -0.25) is 19.0 Å². The lowest BCUT2D eigenvalue weighted by molar-refractivity contribution is -0.218. The van der Waals surface area contributed by atoms with Gasteiger partial charge in [0.05, 0.1) is 11.6 Å². The SMILES string of the molecule is O=C(c1ccc(NS(=O)O)c(OC(F)(F)C2CCCCCC2)c1)N1CCN(CC2CC2)CC1. The number of hydrogen-bond donors (Lipinski definition) is 2. The van der Waals surface area contributed by atoms with Crippen molar-refractivity contribution in [2.24, 2.45) is 11.8 Å². The van der Waals surface area contributed by atoms with E-state index in [1.807, 2.05) is 0 Å². The van der Waals surface area contributed by atoms with Crippen molar-refractivity contribution in [2.75, 3.05) is 37.4 Å². The Morgan fingerprint density at radius 3 is 2.36 bits per heavy atom. The van der Waals surface area contributed by atoms with Gasteiger partial charge in [-0.15, -0.1) is 0 Å². The Balaban J connectivity index is 1.48. The molecule has 2 aliphatic carbocycles. The van der Waals surface area contributed by atoms with Crippen molar-refractivity contribution in [3.8, 4) is 5.75 Å². The third-order valence-electron chi connectivity index (χ3n) is 6.88. The van der Waals surface area contributed by atoms with Gasteiger partial charge in [0.15, 0.2) is 5.75 Å². The number of rotatable bonds is 8. The zero-order valence-corrected chi connectivity index (χ0v) is 19.6. The van der Waals surface area contributed by atoms with Crippen LogP contribution in [0.3, 0.4) is 0 Å². The molecule has 2 saturated carbocycles. The summed E-state index contributed by atoms with van der Waals surface area (Å²) in [7, 11) is 0. The van der Waals surface area contributed by atoms with Gasteiger partial charge in [-0.1, -0.05) is 25.7 Å². The van der Waals surface area contributed by atoms with Crippen LogP contribution in [0.5, 0.6) is 5.75 Å². The first-order chi connectivity index (χ1) is 15.8. The van der Waals surface area contributed by atoms with E-state index in [0.717, 1.165) is 51.2 Å². The lowest BCUT2D eigenvalue weighted by Crippen LogP contribution is -2.49. The van der Waals surface area contributed by atoms with Crippen molar-refractivity contribution in [3.05, 3.63) is 23.8 Å². The highest BCUT2D eigenvalue weighted by atomic mass is 32.2. The minimum absolute atomic E-state index is 0.0464. The summed E-state index contributed by atoms with van der Waals surface area (Å²) < 4.78 is 58.0. The molecule has 1 aromatic rings. The van der Waals surface area contributed by atoms with Crippen molar-refractivity contribution in [3.63, 3.8) is 0 Å². The molecule has 0 aromatic heterocycles. The monoisotopic (exact) mass is 485 g/mol. The summed E-state index contributed by atoms with van der Waals surface area (Å²) in [4.78, 5) is 17.2. The summed E-state index contributed by atoms with van der Waals surface area (Å²) in [6.45, 7) is 3.85. The Morgan fingerprint density at radius 1 is 1.09 bits per heavy atom. The third-order valence-corrected chi connectivity index (χ3v) is 7.27. The van der Waals surface area contributed by atoms with Gasteiger partial charge < -0.3 is 9.64 Å². The van der Waals surface area contributed by atoms with E-state index in [1.54, 1.807) is 4.90 Å². The highest BCUT2D eigenvalue weighted by molar-refractivity contribution is 7.80. The molecule has 10 heteroatoms. The second-order valence-electron chi connectivity index (χ2n) is 9.45. The van der Waals surface area contributed by atoms with E-state index in [-0.39, 0.29) is 22.9 Å². The molecule has 4 rings (SSSR count). The summed E-state index contributed by atoms with van der Waals surface area (Å²) in [5.41, 5.74) is 0.182. The fraction of sp³-hybridized carbons (Fsp3) is 0.696. The van der Waals surface area contributed by atoms with E-state index in [2.05, 4.69) is 9.62 Å². The largest absolute Gasteiger partial charge is 0.430 e. The molecule has 1 heterocycles. The van der Waals surface area contributed by atoms with Gasteiger partial charge in [-0.05, 0) is 49.8 Å². The van der Waals surface area contributed by atoms with Crippen LogP contribution in [0.25, 0.3) is 0 Å². The molecule has 3 fully saturated rings. The standard InChI is InChI=1S/C23H33F2N3O4S/c24-23(25,19-5-3-1-2-4-6-19)32-21-15-18(9-10-20(21)26-33(30)31)22(29)28-13-11-27(12-14-28)16-17-7-8-17/h9-10,15,17,19,26H,1-8,11-14,16H2,(H,30,31). The molecule has 7 nitrogen and oxygen atoms in total. The van der Waals surface area contributed by atoms with Gasteiger partial charge in [-0.2, -0.15) is 8.78 Å². The minimum atomic E-state index is -3.44. The van der Waals surface area contributed by atoms with E-state index >= 15 is 8.78 Å². The van der Waals surface area contributed by atoms with Gasteiger partial charge in [0.1, 0.15) is 0 Å². The molecule has 0 bridgehead atoms. The number of piperazine rings is 1. The predicted molar refractivity (Wildman–Crippen MR) is 123 cm³/mol. The maximum absolute atomic E-state index is 15.0. The molecule has 0 radical (unpaired) electrons. The number of carbonyl (C=O) groups excluding carboxylic acids is 1. The molecule has 1 saturated heterocycles. The van der Waals surface area contributed by atoms with Crippen LogP contribution >= 0.6 is 0 Å². The van der Waals surface area contributed by atoms with Crippen molar-refractivity contribution in [1.82, 2.24) is 9.80 Å². The lowest BCUT2D eigenvalue weighted by atomic mass is 9.99. The third kappa shape index (κ3) is 6.64. The Bertz CT molecular complexity index is 852. The van der Waals surface area contributed by atoms with Crippen LogP contribution in [0.4, 0.5) is 14.5 Å². The zero-order chi connectivity index (χ0) is 23.4. The molecule has 1 unspecified atom stereocenters. The van der Waals surface area contributed by atoms with Crippen LogP contribution in [0.1, 0.15) is 61.7 Å². The van der Waals surface area contributed by atoms with E-state index in [9.17, 15) is 13.6 Å². The topological polar surface area (TPSA) is 82.1 Å². The molecule has 1 atom stereocenters. The van der Waals surface area contributed by atoms with Crippen LogP contribution in [-0.2, 0) is 11.3 Å².